The van der Waals surface area contributed by atoms with Gasteiger partial charge < -0.3 is 4.90 Å². The zero-order valence-electron chi connectivity index (χ0n) is 11.0. The van der Waals surface area contributed by atoms with Crippen molar-refractivity contribution in [3.8, 4) is 0 Å². The Labute approximate surface area is 124 Å². The van der Waals surface area contributed by atoms with Gasteiger partial charge in [0.05, 0.1) is 18.4 Å². The summed E-state index contributed by atoms with van der Waals surface area (Å²) in [6, 6.07) is 3.62. The molecule has 102 valence electrons. The molecule has 2 heterocycles. The second-order valence-electron chi connectivity index (χ2n) is 4.32. The lowest BCUT2D eigenvalue weighted by Gasteiger charge is -2.17. The van der Waals surface area contributed by atoms with E-state index in [4.69, 9.17) is 0 Å². The summed E-state index contributed by atoms with van der Waals surface area (Å²) in [5, 5.41) is 6.24. The Kier molecular flexibility index (Phi) is 4.76. The molecule has 0 saturated heterocycles. The minimum Gasteiger partial charge on any atom is -0.373 e. The fourth-order valence-electron chi connectivity index (χ4n) is 1.79. The van der Waals surface area contributed by atoms with Gasteiger partial charge >= 0.3 is 0 Å². The predicted molar refractivity (Wildman–Crippen MR) is 83.2 cm³/mol. The lowest BCUT2D eigenvalue weighted by atomic mass is 10.3. The molecule has 0 amide bonds. The average Bonchev–Trinajstić information content (AvgIpc) is 2.78. The van der Waals surface area contributed by atoms with Crippen LogP contribution in [0.2, 0.25) is 0 Å². The molecule has 6 heteroatoms. The van der Waals surface area contributed by atoms with E-state index >= 15 is 0 Å². The summed E-state index contributed by atoms with van der Waals surface area (Å²) in [5.41, 5.74) is 0.800. The van der Waals surface area contributed by atoms with Gasteiger partial charge in [0, 0.05) is 29.0 Å². The van der Waals surface area contributed by atoms with Gasteiger partial charge in [-0.05, 0) is 33.8 Å². The molecule has 0 atom stereocenters. The Morgan fingerprint density at radius 1 is 1.53 bits per heavy atom. The van der Waals surface area contributed by atoms with E-state index in [-0.39, 0.29) is 5.56 Å². The van der Waals surface area contributed by atoms with Crippen LogP contribution in [0.4, 0.5) is 5.69 Å². The summed E-state index contributed by atoms with van der Waals surface area (Å²) in [4.78, 5) is 15.2. The molecule has 19 heavy (non-hydrogen) atoms. The number of halogens is 1. The summed E-state index contributed by atoms with van der Waals surface area (Å²) in [7, 11) is 1.97. The summed E-state index contributed by atoms with van der Waals surface area (Å²) in [5.74, 6) is 0. The fraction of sp³-hybridized carbons (Fsp3) is 0.385. The van der Waals surface area contributed by atoms with Crippen molar-refractivity contribution in [2.75, 3.05) is 18.5 Å². The molecule has 0 unspecified atom stereocenters. The van der Waals surface area contributed by atoms with Crippen LogP contribution >= 0.6 is 27.3 Å². The van der Waals surface area contributed by atoms with Gasteiger partial charge in [0.2, 0.25) is 0 Å². The Morgan fingerprint density at radius 3 is 2.89 bits per heavy atom. The summed E-state index contributed by atoms with van der Waals surface area (Å²) < 4.78 is 2.51. The number of rotatable bonds is 5. The van der Waals surface area contributed by atoms with Crippen LogP contribution in [0.25, 0.3) is 0 Å². The largest absolute Gasteiger partial charge is 0.373 e. The Bertz CT molecular complexity index is 608. The molecule has 0 bridgehead atoms. The van der Waals surface area contributed by atoms with Crippen LogP contribution < -0.4 is 10.5 Å². The highest BCUT2D eigenvalue weighted by Gasteiger charge is 2.07. The van der Waals surface area contributed by atoms with Gasteiger partial charge in [-0.25, -0.2) is 4.68 Å². The van der Waals surface area contributed by atoms with Gasteiger partial charge in [-0.3, -0.25) is 4.79 Å². The number of thiophene rings is 1. The topological polar surface area (TPSA) is 38.1 Å². The SMILES string of the molecule is CCCN(C)c1cnn(Cc2sccc2Br)c(=O)c1. The molecular weight excluding hydrogens is 326 g/mol. The fourth-order valence-corrected chi connectivity index (χ4v) is 3.25. The molecule has 0 aromatic carbocycles. The van der Waals surface area contributed by atoms with Gasteiger partial charge in [0.1, 0.15) is 0 Å². The number of nitrogens with zero attached hydrogens (tertiary/aromatic N) is 3. The van der Waals surface area contributed by atoms with Crippen LogP contribution in [0.5, 0.6) is 0 Å². The van der Waals surface area contributed by atoms with Gasteiger partial charge in [-0.1, -0.05) is 6.92 Å². The van der Waals surface area contributed by atoms with Crippen molar-refractivity contribution in [1.82, 2.24) is 9.78 Å². The van der Waals surface area contributed by atoms with E-state index in [1.54, 1.807) is 23.6 Å². The molecule has 4 nitrogen and oxygen atoms in total. The lowest BCUT2D eigenvalue weighted by Crippen LogP contribution is -2.26. The van der Waals surface area contributed by atoms with Crippen LogP contribution in [0.15, 0.2) is 33.0 Å². The average molecular weight is 342 g/mol. The zero-order chi connectivity index (χ0) is 13.8. The van der Waals surface area contributed by atoms with E-state index in [2.05, 4.69) is 28.0 Å². The molecule has 2 aromatic rings. The molecule has 2 rings (SSSR count). The van der Waals surface area contributed by atoms with E-state index < -0.39 is 0 Å². The van der Waals surface area contributed by atoms with Crippen molar-refractivity contribution in [1.29, 1.82) is 0 Å². The van der Waals surface area contributed by atoms with Crippen molar-refractivity contribution in [3.63, 3.8) is 0 Å². The third kappa shape index (κ3) is 3.45. The normalized spacial score (nSPS) is 10.7. The second kappa shape index (κ2) is 6.34. The molecule has 2 aromatic heterocycles. The quantitative estimate of drug-likeness (QED) is 0.839. The van der Waals surface area contributed by atoms with E-state index in [9.17, 15) is 4.79 Å². The maximum absolute atomic E-state index is 12.0. The third-order valence-electron chi connectivity index (χ3n) is 2.84. The minimum atomic E-state index is -0.0687. The number of anilines is 1. The summed E-state index contributed by atoms with van der Waals surface area (Å²) in [6.07, 6.45) is 2.79. The molecule has 0 aliphatic rings. The standard InChI is InChI=1S/C13H16BrN3OS/c1-3-5-16(2)10-7-13(18)17(15-8-10)9-12-11(14)4-6-19-12/h4,6-8H,3,5,9H2,1-2H3. The number of hydrogen-bond acceptors (Lipinski definition) is 4. The molecular formula is C13H16BrN3OS. The maximum Gasteiger partial charge on any atom is 0.269 e. The first-order valence-electron chi connectivity index (χ1n) is 6.12. The zero-order valence-corrected chi connectivity index (χ0v) is 13.4. The maximum atomic E-state index is 12.0. The van der Waals surface area contributed by atoms with E-state index in [0.717, 1.165) is 28.0 Å². The first-order chi connectivity index (χ1) is 9.11. The van der Waals surface area contributed by atoms with Crippen LogP contribution in [-0.4, -0.2) is 23.4 Å². The molecule has 0 aliphatic heterocycles. The number of aromatic nitrogens is 2. The van der Waals surface area contributed by atoms with Crippen LogP contribution in [-0.2, 0) is 6.54 Å². The second-order valence-corrected chi connectivity index (χ2v) is 6.18. The summed E-state index contributed by atoms with van der Waals surface area (Å²) >= 11 is 5.08. The predicted octanol–water partition coefficient (Wildman–Crippen LogP) is 2.96. The van der Waals surface area contributed by atoms with Crippen molar-refractivity contribution < 1.29 is 0 Å². The van der Waals surface area contributed by atoms with Crippen molar-refractivity contribution in [2.24, 2.45) is 0 Å². The first-order valence-corrected chi connectivity index (χ1v) is 7.79. The van der Waals surface area contributed by atoms with Crippen molar-refractivity contribution in [2.45, 2.75) is 19.9 Å². The molecule has 0 spiro atoms. The molecule has 0 saturated carbocycles. The van der Waals surface area contributed by atoms with Gasteiger partial charge in [-0.15, -0.1) is 11.3 Å². The Balaban J connectivity index is 2.20. The van der Waals surface area contributed by atoms with Crippen molar-refractivity contribution in [3.05, 3.63) is 43.4 Å². The van der Waals surface area contributed by atoms with Gasteiger partial charge in [-0.2, -0.15) is 5.10 Å². The highest BCUT2D eigenvalue weighted by Crippen LogP contribution is 2.22. The van der Waals surface area contributed by atoms with Crippen LogP contribution in [0.1, 0.15) is 18.2 Å². The van der Waals surface area contributed by atoms with Crippen molar-refractivity contribution >= 4 is 33.0 Å². The highest BCUT2D eigenvalue weighted by atomic mass is 79.9. The minimum absolute atomic E-state index is 0.0687. The van der Waals surface area contributed by atoms with Crippen LogP contribution in [0.3, 0.4) is 0 Å². The molecule has 0 aliphatic carbocycles. The van der Waals surface area contributed by atoms with Gasteiger partial charge in [0.25, 0.3) is 5.56 Å². The molecule has 0 N–H and O–H groups in total. The monoisotopic (exact) mass is 341 g/mol. The Hall–Kier alpha value is -1.14. The molecule has 0 radical (unpaired) electrons. The van der Waals surface area contributed by atoms with E-state index in [1.807, 2.05) is 23.4 Å². The summed E-state index contributed by atoms with van der Waals surface area (Å²) in [6.45, 7) is 3.54. The highest BCUT2D eigenvalue weighted by molar-refractivity contribution is 9.10. The third-order valence-corrected chi connectivity index (χ3v) is 4.75. The van der Waals surface area contributed by atoms with E-state index in [0.29, 0.717) is 6.54 Å². The number of hydrogen-bond donors (Lipinski definition) is 0. The Morgan fingerprint density at radius 2 is 2.32 bits per heavy atom. The van der Waals surface area contributed by atoms with E-state index in [1.165, 1.54) is 4.68 Å². The van der Waals surface area contributed by atoms with Gasteiger partial charge in [0.15, 0.2) is 0 Å². The first kappa shape index (κ1) is 14.3. The smallest absolute Gasteiger partial charge is 0.269 e. The van der Waals surface area contributed by atoms with Crippen LogP contribution in [0, 0.1) is 0 Å². The molecule has 0 fully saturated rings. The lowest BCUT2D eigenvalue weighted by molar-refractivity contribution is 0.642.